The number of para-hydroxylation sites is 5. The van der Waals surface area contributed by atoms with Crippen molar-refractivity contribution >= 4 is 95.9 Å². The monoisotopic (exact) mass is 1640 g/mol. The summed E-state index contributed by atoms with van der Waals surface area (Å²) in [4.78, 5) is 63.0. The van der Waals surface area contributed by atoms with Gasteiger partial charge >= 0.3 is 6.18 Å². The number of nitrogens with one attached hydrogen (secondary N) is 10. The van der Waals surface area contributed by atoms with Crippen LogP contribution in [0.1, 0.15) is 136 Å². The molecule has 11 fully saturated rings. The minimum Gasteiger partial charge on any atom is -0.355 e. The third-order valence-corrected chi connectivity index (χ3v) is 27.0. The highest BCUT2D eigenvalue weighted by Crippen LogP contribution is 2.54. The molecule has 30 heteroatoms. The Labute approximate surface area is 686 Å². The molecule has 5 aromatic carbocycles. The Kier molecular flexibility index (Phi) is 20.9. The lowest BCUT2D eigenvalue weighted by atomic mass is 9.95. The number of carbonyl (C=O) groups is 5. The van der Waals surface area contributed by atoms with Crippen molar-refractivity contribution in [2.45, 2.75) is 142 Å². The lowest BCUT2D eigenvalue weighted by Crippen LogP contribution is -2.43. The molecule has 0 spiro atoms. The first-order valence-electron chi connectivity index (χ1n) is 41.7. The van der Waals surface area contributed by atoms with Crippen molar-refractivity contribution < 1.29 is 55.1 Å². The van der Waals surface area contributed by atoms with Crippen molar-refractivity contribution in [3.63, 3.8) is 0 Å². The van der Waals surface area contributed by atoms with Gasteiger partial charge in [0.25, 0.3) is 0 Å². The zero-order valence-corrected chi connectivity index (χ0v) is 69.4. The van der Waals surface area contributed by atoms with Gasteiger partial charge in [0.1, 0.15) is 22.6 Å². The predicted molar refractivity (Wildman–Crippen MR) is 437 cm³/mol. The van der Waals surface area contributed by atoms with E-state index < -0.39 is 45.3 Å². The minimum atomic E-state index is -4.53. The van der Waals surface area contributed by atoms with E-state index >= 15 is 0 Å². The average Bonchev–Trinajstić information content (AvgIpc) is 1.58. The van der Waals surface area contributed by atoms with Crippen molar-refractivity contribution in [1.29, 1.82) is 0 Å². The van der Waals surface area contributed by atoms with Crippen LogP contribution in [-0.4, -0.2) is 130 Å². The maximum Gasteiger partial charge on any atom is 0.420 e. The Bertz CT molecular complexity index is 5370. The molecule has 25 nitrogen and oxygen atoms in total. The molecule has 10 heterocycles. The Morgan fingerprint density at radius 3 is 1.12 bits per heavy atom. The summed E-state index contributed by atoms with van der Waals surface area (Å²) in [6.45, 7) is 33.9. The van der Waals surface area contributed by atoms with E-state index in [0.717, 1.165) is 117 Å². The van der Waals surface area contributed by atoms with Gasteiger partial charge in [-0.25, -0.2) is 4.39 Å². The van der Waals surface area contributed by atoms with Crippen LogP contribution < -0.4 is 53.2 Å². The molecule has 10 aromatic rings. The van der Waals surface area contributed by atoms with Gasteiger partial charge in [-0.3, -0.25) is 33.3 Å². The third kappa shape index (κ3) is 15.4. The molecule has 5 saturated heterocycles. The predicted octanol–water partition coefficient (Wildman–Crippen LogP) is 11.4. The summed E-state index contributed by atoms with van der Waals surface area (Å²) in [5.41, 5.74) is 2.13. The van der Waals surface area contributed by atoms with Gasteiger partial charge in [-0.2, -0.15) is 23.4 Å². The van der Waals surface area contributed by atoms with Gasteiger partial charge in [0, 0.05) is 63.7 Å². The summed E-state index contributed by atoms with van der Waals surface area (Å²) in [7, 11) is 0. The average molecular weight is 1640 g/mol. The highest BCUT2D eigenvalue weighted by molar-refractivity contribution is 6.34. The summed E-state index contributed by atoms with van der Waals surface area (Å²) in [5.74, 6) is 6.17. The van der Waals surface area contributed by atoms with Gasteiger partial charge in [-0.1, -0.05) is 81.7 Å². The molecule has 6 aliphatic carbocycles. The molecule has 11 aliphatic rings. The number of piperidine rings is 5. The topological polar surface area (TPSA) is 319 Å². The normalized spacial score (nSPS) is 26.8. The van der Waals surface area contributed by atoms with Crippen molar-refractivity contribution in [1.82, 2.24) is 88.2 Å². The number of aromatic nitrogens is 7. The highest BCUT2D eigenvalue weighted by atomic mass is 35.5. The van der Waals surface area contributed by atoms with Crippen molar-refractivity contribution in [2.75, 3.05) is 65.4 Å². The van der Waals surface area contributed by atoms with E-state index in [0.29, 0.717) is 92.3 Å². The number of hydrogen-bond donors (Lipinski definition) is 10. The standard InChI is InChI=1S/C20H26N4O.C19H26N4O.C17H18F3N3O2.C16H18ClN3O2.C16H18FN3O2/c1-20(2,22-19(25)17-14-9-21-10-15(14)17)18-13-5-3-4-6-16(13)24(23-18)11-12-7-8-12;1-11(2)23-15-8-6-5-7-12(15)17(22-23)19(3,4)21-18(24)16-13-9-20-10-14(13)16;1-16(2,22-15(24)12-9-6-21-7-10(9)12)14-8-4-3-5-11(17(18,19)20)13(8)25-23-14;2*1-16(2,19-15(21)12-9-6-18-7-10(9)12)14-8-4-3-5-11(17)13(8)22-20-14/h3-6,12,14-15,17,21H,7-11H2,1-2H3,(H,22,25);5-8,11,13-14,16,20H,9-10H2,1-4H3,(H,21,24);3-5,9-10,12,21H,6-7H2,1-2H3,(H,22,24);2*3-5,9-10,12,18H,6-7H2,1-2H3,(H,19,21)/t14-,15+,17?;13-,14+,16?;3*9-,10+,12?. The molecular formula is C88H106ClF4N17O8. The fourth-order valence-corrected chi connectivity index (χ4v) is 20.1. The Morgan fingerprint density at radius 2 is 0.729 bits per heavy atom. The van der Waals surface area contributed by atoms with Crippen LogP contribution in [0.25, 0.3) is 54.7 Å². The van der Waals surface area contributed by atoms with E-state index in [1.807, 2.05) is 56.6 Å². The summed E-state index contributed by atoms with van der Waals surface area (Å²) >= 11 is 6.12. The van der Waals surface area contributed by atoms with E-state index in [1.54, 1.807) is 32.0 Å². The van der Waals surface area contributed by atoms with Crippen LogP contribution >= 0.6 is 11.6 Å². The van der Waals surface area contributed by atoms with Gasteiger partial charge in [0.15, 0.2) is 17.0 Å². The first kappa shape index (κ1) is 81.0. The molecule has 5 amide bonds. The maximum atomic E-state index is 13.7. The van der Waals surface area contributed by atoms with Crippen LogP contribution in [0.5, 0.6) is 0 Å². The number of benzene rings is 5. The van der Waals surface area contributed by atoms with Gasteiger partial charge in [-0.05, 0) is 275 Å². The zero-order valence-electron chi connectivity index (χ0n) is 68.6. The second-order valence-electron chi connectivity index (χ2n) is 37.5. The van der Waals surface area contributed by atoms with Crippen LogP contribution in [0.2, 0.25) is 5.02 Å². The molecule has 10 N–H and O–H groups in total. The third-order valence-electron chi connectivity index (χ3n) is 26.7. The maximum absolute atomic E-state index is 13.7. The molecule has 0 radical (unpaired) electrons. The van der Waals surface area contributed by atoms with Crippen molar-refractivity contribution in [3.05, 3.63) is 148 Å². The van der Waals surface area contributed by atoms with Crippen LogP contribution in [0.4, 0.5) is 17.6 Å². The summed E-state index contributed by atoms with van der Waals surface area (Å²) in [5, 5.41) is 58.5. The molecule has 0 bridgehead atoms. The quantitative estimate of drug-likeness (QED) is 0.0357. The fraction of sp³-hybridized carbons (Fsp3) is 0.545. The van der Waals surface area contributed by atoms with Crippen LogP contribution in [0, 0.1) is 101 Å². The zero-order chi connectivity index (χ0) is 83.2. The summed E-state index contributed by atoms with van der Waals surface area (Å²) in [6, 6.07) is 31.0. The van der Waals surface area contributed by atoms with Gasteiger partial charge in [0.2, 0.25) is 35.1 Å². The summed E-state index contributed by atoms with van der Waals surface area (Å²) in [6.07, 6.45) is -1.91. The van der Waals surface area contributed by atoms with E-state index in [9.17, 15) is 41.5 Å². The number of amides is 5. The Balaban J connectivity index is 0.000000106. The molecule has 15 atom stereocenters. The molecule has 5 unspecified atom stereocenters. The van der Waals surface area contributed by atoms with Crippen LogP contribution in [0.3, 0.4) is 0 Å². The van der Waals surface area contributed by atoms with E-state index in [2.05, 4.69) is 151 Å². The molecule has 6 saturated carbocycles. The van der Waals surface area contributed by atoms with Gasteiger partial charge < -0.3 is 66.7 Å². The SMILES string of the molecule is CC(C)(NC(=O)C1[C@H]2CNC[C@@H]12)c1nn(CC2CC2)c2ccccc12.CC(C)(NC(=O)C1[C@H]2CNC[C@@H]12)c1noc2c(C(F)(F)F)cccc12.CC(C)(NC(=O)C1[C@H]2CNC[C@@H]12)c1noc2c(Cl)cccc12.CC(C)(NC(=O)C1[C@H]2CNC[C@@H]12)c1noc2c(F)cccc12.CC(C)n1nc(C(C)(C)NC(=O)C2[C@H]3CNC[C@@H]23)c2ccccc21. The largest absolute Gasteiger partial charge is 0.420 e. The van der Waals surface area contributed by atoms with E-state index in [-0.39, 0.29) is 81.7 Å². The molecule has 626 valence electrons. The second kappa shape index (κ2) is 30.4. The molecule has 118 heavy (non-hydrogen) atoms. The molecular weight excluding hydrogens is 1530 g/mol. The first-order chi connectivity index (χ1) is 56.1. The van der Waals surface area contributed by atoms with Crippen molar-refractivity contribution in [3.8, 4) is 0 Å². The lowest BCUT2D eigenvalue weighted by molar-refractivity contribution is -0.137. The van der Waals surface area contributed by atoms with Crippen LogP contribution in [-0.2, 0) is 64.4 Å². The number of rotatable bonds is 18. The number of fused-ring (bicyclic) bond motifs is 10. The van der Waals surface area contributed by atoms with E-state index in [4.69, 9.17) is 35.4 Å². The summed E-state index contributed by atoms with van der Waals surface area (Å²) < 4.78 is 72.7. The van der Waals surface area contributed by atoms with Gasteiger partial charge in [-0.15, -0.1) is 0 Å². The smallest absolute Gasteiger partial charge is 0.355 e. The fourth-order valence-electron chi connectivity index (χ4n) is 19.9. The van der Waals surface area contributed by atoms with Crippen LogP contribution in [0.15, 0.2) is 117 Å². The Hall–Kier alpha value is -9.39. The number of nitrogens with zero attached hydrogens (tertiary/aromatic N) is 7. The van der Waals surface area contributed by atoms with Crippen molar-refractivity contribution in [2.24, 2.45) is 94.7 Å². The molecule has 5 aliphatic heterocycles. The number of alkyl halides is 3. The number of hydrogen-bond acceptors (Lipinski definition) is 18. The van der Waals surface area contributed by atoms with Gasteiger partial charge in [0.05, 0.1) is 60.5 Å². The minimum absolute atomic E-state index is 0.0237. The molecule has 21 rings (SSSR count). The van der Waals surface area contributed by atoms with E-state index in [1.165, 1.54) is 36.6 Å². The molecule has 5 aromatic heterocycles. The number of halogens is 5. The lowest BCUT2D eigenvalue weighted by Gasteiger charge is -2.25. The highest BCUT2D eigenvalue weighted by Gasteiger charge is 2.62. The second-order valence-corrected chi connectivity index (χ2v) is 37.9. The Morgan fingerprint density at radius 1 is 0.415 bits per heavy atom. The number of carbonyl (C=O) groups excluding carboxylic acids is 5. The first-order valence-corrected chi connectivity index (χ1v) is 42.1.